The molecule has 17 heavy (non-hydrogen) atoms. The second-order valence-corrected chi connectivity index (χ2v) is 5.23. The lowest BCUT2D eigenvalue weighted by Gasteiger charge is -2.25. The largest absolute Gasteiger partial charge is 0.323 e. The number of rotatable bonds is 3. The lowest BCUT2D eigenvalue weighted by atomic mass is 10.2. The molecule has 4 nitrogen and oxygen atoms in total. The lowest BCUT2D eigenvalue weighted by Crippen LogP contribution is -2.45. The van der Waals surface area contributed by atoms with E-state index in [1.54, 1.807) is 4.90 Å². The standard InChI is InChI=1S/C13H21N3O/c1-10-6-7-12(8-14)16(10)13(17)9-15-11-4-2-3-5-11/h10-12,15H,2-7,9H2,1H3/t10-,12+/m1/s1. The minimum Gasteiger partial charge on any atom is -0.323 e. The summed E-state index contributed by atoms with van der Waals surface area (Å²) in [4.78, 5) is 13.9. The summed E-state index contributed by atoms with van der Waals surface area (Å²) in [5, 5.41) is 12.3. The van der Waals surface area contributed by atoms with Crippen LogP contribution in [-0.4, -0.2) is 35.5 Å². The molecule has 1 saturated carbocycles. The van der Waals surface area contributed by atoms with Gasteiger partial charge in [0.1, 0.15) is 6.04 Å². The first kappa shape index (κ1) is 12.4. The third-order valence-electron chi connectivity index (χ3n) is 4.00. The Bertz CT molecular complexity index is 317. The fraction of sp³-hybridized carbons (Fsp3) is 0.846. The van der Waals surface area contributed by atoms with Gasteiger partial charge in [0.05, 0.1) is 12.6 Å². The molecule has 1 amide bonds. The number of nitrogens with zero attached hydrogens (tertiary/aromatic N) is 2. The minimum absolute atomic E-state index is 0.0912. The van der Waals surface area contributed by atoms with Crippen molar-refractivity contribution in [3.63, 3.8) is 0 Å². The summed E-state index contributed by atoms with van der Waals surface area (Å²) in [7, 11) is 0. The minimum atomic E-state index is -0.206. The van der Waals surface area contributed by atoms with Crippen molar-refractivity contribution in [2.45, 2.75) is 63.6 Å². The third-order valence-corrected chi connectivity index (χ3v) is 4.00. The van der Waals surface area contributed by atoms with Crippen molar-refractivity contribution in [1.82, 2.24) is 10.2 Å². The van der Waals surface area contributed by atoms with Gasteiger partial charge in [-0.2, -0.15) is 5.26 Å². The molecule has 2 atom stereocenters. The van der Waals surface area contributed by atoms with Crippen LogP contribution in [0.2, 0.25) is 0 Å². The maximum Gasteiger partial charge on any atom is 0.237 e. The zero-order valence-corrected chi connectivity index (χ0v) is 10.5. The van der Waals surface area contributed by atoms with E-state index in [4.69, 9.17) is 5.26 Å². The lowest BCUT2D eigenvalue weighted by molar-refractivity contribution is -0.132. The highest BCUT2D eigenvalue weighted by atomic mass is 16.2. The van der Waals surface area contributed by atoms with Gasteiger partial charge in [0.15, 0.2) is 0 Å². The van der Waals surface area contributed by atoms with Gasteiger partial charge >= 0.3 is 0 Å². The summed E-state index contributed by atoms with van der Waals surface area (Å²) in [6, 6.07) is 2.76. The number of carbonyl (C=O) groups excluding carboxylic acids is 1. The quantitative estimate of drug-likeness (QED) is 0.805. The Balaban J connectivity index is 1.83. The number of amides is 1. The van der Waals surface area contributed by atoms with Crippen LogP contribution in [0, 0.1) is 11.3 Å². The van der Waals surface area contributed by atoms with Crippen LogP contribution in [0.1, 0.15) is 45.4 Å². The van der Waals surface area contributed by atoms with Gasteiger partial charge in [0.2, 0.25) is 5.91 Å². The summed E-state index contributed by atoms with van der Waals surface area (Å²) in [6.45, 7) is 2.43. The van der Waals surface area contributed by atoms with Crippen molar-refractivity contribution in [1.29, 1.82) is 5.26 Å². The van der Waals surface area contributed by atoms with Gasteiger partial charge in [-0.05, 0) is 32.6 Å². The predicted octanol–water partition coefficient (Wildman–Crippen LogP) is 1.42. The maximum atomic E-state index is 12.1. The Labute approximate surface area is 103 Å². The molecule has 0 bridgehead atoms. The molecule has 0 aromatic heterocycles. The average molecular weight is 235 g/mol. The molecule has 4 heteroatoms. The molecule has 0 unspecified atom stereocenters. The van der Waals surface area contributed by atoms with E-state index in [0.717, 1.165) is 12.8 Å². The van der Waals surface area contributed by atoms with E-state index in [0.29, 0.717) is 12.6 Å². The zero-order valence-electron chi connectivity index (χ0n) is 10.5. The molecule has 0 radical (unpaired) electrons. The first-order chi connectivity index (χ1) is 8.22. The molecule has 1 aliphatic heterocycles. The molecule has 0 aromatic carbocycles. The van der Waals surface area contributed by atoms with Gasteiger partial charge in [-0.15, -0.1) is 0 Å². The average Bonchev–Trinajstić information content (AvgIpc) is 2.94. The fourth-order valence-corrected chi connectivity index (χ4v) is 2.98. The Morgan fingerprint density at radius 2 is 2.06 bits per heavy atom. The summed E-state index contributed by atoms with van der Waals surface area (Å²) in [5.74, 6) is 0.0912. The highest BCUT2D eigenvalue weighted by Crippen LogP contribution is 2.23. The fourth-order valence-electron chi connectivity index (χ4n) is 2.98. The molecule has 0 spiro atoms. The Morgan fingerprint density at radius 3 is 2.71 bits per heavy atom. The van der Waals surface area contributed by atoms with Gasteiger partial charge < -0.3 is 10.2 Å². The third kappa shape index (κ3) is 2.78. The number of hydrogen-bond acceptors (Lipinski definition) is 3. The summed E-state index contributed by atoms with van der Waals surface area (Å²) in [6.07, 6.45) is 6.69. The van der Waals surface area contributed by atoms with E-state index in [1.165, 1.54) is 25.7 Å². The SMILES string of the molecule is C[C@@H]1CC[C@@H](C#N)N1C(=O)CNC1CCCC1. The van der Waals surface area contributed by atoms with Gasteiger partial charge in [-0.1, -0.05) is 12.8 Å². The number of nitriles is 1. The highest BCUT2D eigenvalue weighted by Gasteiger charge is 2.34. The van der Waals surface area contributed by atoms with Crippen molar-refractivity contribution in [2.24, 2.45) is 0 Å². The molecule has 1 saturated heterocycles. The van der Waals surface area contributed by atoms with E-state index in [9.17, 15) is 4.79 Å². The second kappa shape index (κ2) is 5.50. The highest BCUT2D eigenvalue weighted by molar-refractivity contribution is 5.79. The zero-order chi connectivity index (χ0) is 12.3. The molecular weight excluding hydrogens is 214 g/mol. The van der Waals surface area contributed by atoms with Crippen LogP contribution in [0.15, 0.2) is 0 Å². The number of likely N-dealkylation sites (tertiary alicyclic amines) is 1. The number of carbonyl (C=O) groups is 1. The van der Waals surface area contributed by atoms with Crippen molar-refractivity contribution in [3.05, 3.63) is 0 Å². The molecule has 1 heterocycles. The molecule has 1 aliphatic carbocycles. The molecule has 2 fully saturated rings. The van der Waals surface area contributed by atoms with Gasteiger partial charge in [0, 0.05) is 12.1 Å². The Hall–Kier alpha value is -1.08. The van der Waals surface area contributed by atoms with Crippen LogP contribution < -0.4 is 5.32 Å². The van der Waals surface area contributed by atoms with E-state index in [1.807, 2.05) is 6.92 Å². The molecule has 2 rings (SSSR count). The van der Waals surface area contributed by atoms with Crippen LogP contribution in [0.3, 0.4) is 0 Å². The van der Waals surface area contributed by atoms with Crippen LogP contribution in [-0.2, 0) is 4.79 Å². The molecule has 94 valence electrons. The first-order valence-electron chi connectivity index (χ1n) is 6.66. The van der Waals surface area contributed by atoms with E-state index >= 15 is 0 Å². The van der Waals surface area contributed by atoms with Gasteiger partial charge in [-0.3, -0.25) is 4.79 Å². The van der Waals surface area contributed by atoms with Crippen LogP contribution in [0.25, 0.3) is 0 Å². The maximum absolute atomic E-state index is 12.1. The van der Waals surface area contributed by atoms with Crippen molar-refractivity contribution in [3.8, 4) is 6.07 Å². The van der Waals surface area contributed by atoms with Gasteiger partial charge in [-0.25, -0.2) is 0 Å². The molecular formula is C13H21N3O. The van der Waals surface area contributed by atoms with Crippen LogP contribution in [0.5, 0.6) is 0 Å². The number of nitrogens with one attached hydrogen (secondary N) is 1. The monoisotopic (exact) mass is 235 g/mol. The Morgan fingerprint density at radius 1 is 1.35 bits per heavy atom. The van der Waals surface area contributed by atoms with Crippen molar-refractivity contribution < 1.29 is 4.79 Å². The first-order valence-corrected chi connectivity index (χ1v) is 6.66. The Kier molecular flexibility index (Phi) is 4.01. The summed E-state index contributed by atoms with van der Waals surface area (Å²) in [5.41, 5.74) is 0. The smallest absolute Gasteiger partial charge is 0.237 e. The van der Waals surface area contributed by atoms with Crippen molar-refractivity contribution in [2.75, 3.05) is 6.54 Å². The molecule has 2 aliphatic rings. The molecule has 1 N–H and O–H groups in total. The molecule has 0 aromatic rings. The summed E-state index contributed by atoms with van der Waals surface area (Å²) < 4.78 is 0. The summed E-state index contributed by atoms with van der Waals surface area (Å²) >= 11 is 0. The number of hydrogen-bond donors (Lipinski definition) is 1. The van der Waals surface area contributed by atoms with E-state index in [-0.39, 0.29) is 18.0 Å². The topological polar surface area (TPSA) is 56.1 Å². The van der Waals surface area contributed by atoms with Gasteiger partial charge in [0.25, 0.3) is 0 Å². The normalized spacial score (nSPS) is 29.5. The van der Waals surface area contributed by atoms with Crippen LogP contribution >= 0.6 is 0 Å². The second-order valence-electron chi connectivity index (χ2n) is 5.23. The van der Waals surface area contributed by atoms with Crippen LogP contribution in [0.4, 0.5) is 0 Å². The van der Waals surface area contributed by atoms with Crippen molar-refractivity contribution >= 4 is 5.91 Å². The van der Waals surface area contributed by atoms with E-state index < -0.39 is 0 Å². The predicted molar refractivity (Wildman–Crippen MR) is 65.2 cm³/mol. The van der Waals surface area contributed by atoms with E-state index in [2.05, 4.69) is 11.4 Å².